The molecule has 0 rings (SSSR count). The summed E-state index contributed by atoms with van der Waals surface area (Å²) in [5, 5.41) is 15.2. The van der Waals surface area contributed by atoms with E-state index in [-0.39, 0.29) is 60.8 Å². The molecule has 39 heavy (non-hydrogen) atoms. The molecule has 0 aliphatic carbocycles. The fourth-order valence-corrected chi connectivity index (χ4v) is 6.98. The first kappa shape index (κ1) is 37.7. The Morgan fingerprint density at radius 1 is 0.795 bits per heavy atom. The van der Waals surface area contributed by atoms with Gasteiger partial charge in [0.2, 0.25) is 11.8 Å². The summed E-state index contributed by atoms with van der Waals surface area (Å²) in [4.78, 5) is 26.4. The molecule has 0 aliphatic heterocycles. The van der Waals surface area contributed by atoms with Gasteiger partial charge in [-0.3, -0.25) is 9.59 Å². The van der Waals surface area contributed by atoms with Gasteiger partial charge in [0.15, 0.2) is 0 Å². The third-order valence-corrected chi connectivity index (χ3v) is 8.24. The highest BCUT2D eigenvalue weighted by molar-refractivity contribution is 7.44. The molecular formula is C30H59N4O4P. The molecule has 0 saturated heterocycles. The lowest BCUT2D eigenvalue weighted by Crippen LogP contribution is -2.48. The monoisotopic (exact) mass is 570 g/mol. The lowest BCUT2D eigenvalue weighted by molar-refractivity contribution is -0.131. The normalized spacial score (nSPS) is 14.2. The molecule has 0 aliphatic rings. The molecule has 1 unspecified atom stereocenters. The number of carbonyl (C=O) groups is 2. The van der Waals surface area contributed by atoms with Crippen molar-refractivity contribution in [1.82, 2.24) is 15.3 Å². The first-order valence-electron chi connectivity index (χ1n) is 14.3. The van der Waals surface area contributed by atoms with Crippen LogP contribution in [0.25, 0.3) is 0 Å². The smallest absolute Gasteiger partial charge is 0.259 e. The van der Waals surface area contributed by atoms with Crippen LogP contribution in [0.3, 0.4) is 0 Å². The molecule has 0 spiro atoms. The second-order valence-electron chi connectivity index (χ2n) is 14.9. The Hall–Kier alpha value is -1.26. The first-order chi connectivity index (χ1) is 17.5. The molecule has 2 amide bonds. The molecule has 0 bridgehead atoms. The van der Waals surface area contributed by atoms with E-state index in [0.29, 0.717) is 0 Å². The van der Waals surface area contributed by atoms with Crippen LogP contribution in [0.1, 0.15) is 116 Å². The largest absolute Gasteiger partial charge is 0.353 e. The number of nitrogens with one attached hydrogen (secondary N) is 2. The van der Waals surface area contributed by atoms with Gasteiger partial charge < -0.3 is 19.7 Å². The van der Waals surface area contributed by atoms with E-state index in [9.17, 15) is 9.59 Å². The third kappa shape index (κ3) is 15.4. The van der Waals surface area contributed by atoms with Crippen molar-refractivity contribution in [1.29, 1.82) is 5.26 Å². The van der Waals surface area contributed by atoms with Gasteiger partial charge >= 0.3 is 0 Å². The second kappa shape index (κ2) is 15.7. The van der Waals surface area contributed by atoms with Gasteiger partial charge in [-0.25, -0.2) is 4.67 Å². The molecule has 2 N–H and O–H groups in total. The van der Waals surface area contributed by atoms with E-state index in [1.54, 1.807) is 0 Å². The number of hydrogen-bond donors (Lipinski definition) is 2. The lowest BCUT2D eigenvalue weighted by atomic mass is 9.75. The maximum atomic E-state index is 13.2. The lowest BCUT2D eigenvalue weighted by Gasteiger charge is -2.38. The number of nitriles is 1. The average molecular weight is 571 g/mol. The minimum absolute atomic E-state index is 0.00128. The van der Waals surface area contributed by atoms with Crippen LogP contribution in [0.4, 0.5) is 0 Å². The van der Waals surface area contributed by atoms with Crippen LogP contribution in [-0.4, -0.2) is 54.4 Å². The molecule has 9 heteroatoms. The molecule has 0 fully saturated rings. The molecule has 0 saturated carbocycles. The minimum atomic E-state index is -1.54. The quantitative estimate of drug-likeness (QED) is 0.156. The first-order valence-corrected chi connectivity index (χ1v) is 15.5. The molecule has 0 aromatic carbocycles. The van der Waals surface area contributed by atoms with Gasteiger partial charge in [0.1, 0.15) is 6.10 Å². The maximum Gasteiger partial charge on any atom is 0.259 e. The molecule has 0 aromatic heterocycles. The van der Waals surface area contributed by atoms with Crippen LogP contribution in [0.15, 0.2) is 0 Å². The van der Waals surface area contributed by atoms with Gasteiger partial charge in [-0.05, 0) is 51.4 Å². The molecule has 0 radical (unpaired) electrons. The molecule has 1 atom stereocenters. The number of rotatable bonds is 16. The van der Waals surface area contributed by atoms with Crippen LogP contribution in [0, 0.1) is 33.0 Å². The van der Waals surface area contributed by atoms with Gasteiger partial charge in [0.05, 0.1) is 19.1 Å². The van der Waals surface area contributed by atoms with Crippen molar-refractivity contribution in [3.05, 3.63) is 0 Å². The maximum absolute atomic E-state index is 13.2. The highest BCUT2D eigenvalue weighted by Gasteiger charge is 2.36. The Labute approximate surface area is 241 Å². The second-order valence-corrected chi connectivity index (χ2v) is 16.3. The molecule has 8 nitrogen and oxygen atoms in total. The Balaban J connectivity index is 5.92. The SMILES string of the molecule is CC(C)N(C(C)C)P(OCCC#N)OC(CNC(=O)C(C)(C)CC(C)(C)C)CNC(=O)C(C)(C)CC(C)(C)C. The Morgan fingerprint density at radius 3 is 1.49 bits per heavy atom. The number of amides is 2. The highest BCUT2D eigenvalue weighted by atomic mass is 31.2. The van der Waals surface area contributed by atoms with Crippen LogP contribution in [0.2, 0.25) is 0 Å². The average Bonchev–Trinajstić information content (AvgIpc) is 2.70. The van der Waals surface area contributed by atoms with E-state index in [1.807, 2.05) is 27.7 Å². The topological polar surface area (TPSA) is 104 Å². The predicted octanol–water partition coefficient (Wildman–Crippen LogP) is 6.80. The summed E-state index contributed by atoms with van der Waals surface area (Å²) < 4.78 is 14.8. The zero-order chi connectivity index (χ0) is 30.8. The van der Waals surface area contributed by atoms with Crippen LogP contribution in [0.5, 0.6) is 0 Å². The Kier molecular flexibility index (Phi) is 15.2. The fourth-order valence-electron chi connectivity index (χ4n) is 5.27. The molecular weight excluding hydrogens is 511 g/mol. The summed E-state index contributed by atoms with van der Waals surface area (Å²) in [5.41, 5.74) is -1.12. The number of nitrogens with zero attached hydrogens (tertiary/aromatic N) is 2. The Bertz CT molecular complexity index is 755. The van der Waals surface area contributed by atoms with E-state index in [2.05, 4.69) is 90.6 Å². The number of hydrogen-bond acceptors (Lipinski definition) is 6. The fraction of sp³-hybridized carbons (Fsp3) is 0.900. The van der Waals surface area contributed by atoms with E-state index in [0.717, 1.165) is 12.8 Å². The zero-order valence-corrected chi connectivity index (χ0v) is 28.3. The van der Waals surface area contributed by atoms with Crippen molar-refractivity contribution in [3.63, 3.8) is 0 Å². The predicted molar refractivity (Wildman–Crippen MR) is 162 cm³/mol. The van der Waals surface area contributed by atoms with E-state index < -0.39 is 25.5 Å². The highest BCUT2D eigenvalue weighted by Crippen LogP contribution is 2.47. The van der Waals surface area contributed by atoms with Gasteiger partial charge in [-0.1, -0.05) is 69.2 Å². The van der Waals surface area contributed by atoms with E-state index >= 15 is 0 Å². The van der Waals surface area contributed by atoms with Crippen LogP contribution < -0.4 is 10.6 Å². The molecule has 0 heterocycles. The standard InChI is InChI=1S/C30H59N4O4P/c1-22(2)34(23(3)4)39(37-17-15-16-31)38-24(18-32-25(35)29(11,12)20-27(5,6)7)19-33-26(36)30(13,14)21-28(8,9)10/h22-24H,15,17-21H2,1-14H3,(H,32,35)(H,33,36). The summed E-state index contributed by atoms with van der Waals surface area (Å²) >= 11 is 0. The van der Waals surface area contributed by atoms with Gasteiger partial charge in [-0.15, -0.1) is 0 Å². The summed E-state index contributed by atoms with van der Waals surface area (Å²) in [5.74, 6) is -0.102. The minimum Gasteiger partial charge on any atom is -0.353 e. The van der Waals surface area contributed by atoms with Crippen molar-refractivity contribution < 1.29 is 18.6 Å². The molecule has 0 aromatic rings. The van der Waals surface area contributed by atoms with Crippen molar-refractivity contribution in [2.24, 2.45) is 21.7 Å². The summed E-state index contributed by atoms with van der Waals surface area (Å²) in [7, 11) is -1.54. The summed E-state index contributed by atoms with van der Waals surface area (Å²) in [6.45, 7) is 29.6. The van der Waals surface area contributed by atoms with Crippen LogP contribution >= 0.6 is 8.53 Å². The van der Waals surface area contributed by atoms with Crippen molar-refractivity contribution in [3.8, 4) is 6.07 Å². The van der Waals surface area contributed by atoms with Crippen molar-refractivity contribution in [2.75, 3.05) is 19.7 Å². The van der Waals surface area contributed by atoms with Gasteiger partial charge in [0.25, 0.3) is 8.53 Å². The van der Waals surface area contributed by atoms with Gasteiger partial charge in [-0.2, -0.15) is 5.26 Å². The van der Waals surface area contributed by atoms with Crippen molar-refractivity contribution in [2.45, 2.75) is 134 Å². The summed E-state index contributed by atoms with van der Waals surface area (Å²) in [6, 6.07) is 2.40. The number of carbonyl (C=O) groups excluding carboxylic acids is 2. The van der Waals surface area contributed by atoms with Crippen molar-refractivity contribution >= 4 is 20.3 Å². The van der Waals surface area contributed by atoms with E-state index in [4.69, 9.17) is 14.3 Å². The summed E-state index contributed by atoms with van der Waals surface area (Å²) in [6.07, 6.45) is 1.20. The van der Waals surface area contributed by atoms with Crippen LogP contribution in [-0.2, 0) is 18.6 Å². The van der Waals surface area contributed by atoms with Gasteiger partial charge in [0, 0.05) is 36.0 Å². The third-order valence-electron chi connectivity index (χ3n) is 6.06. The Morgan fingerprint density at radius 2 is 1.18 bits per heavy atom. The van der Waals surface area contributed by atoms with E-state index in [1.165, 1.54) is 0 Å². The zero-order valence-electron chi connectivity index (χ0n) is 27.4. The molecule has 228 valence electrons.